The number of aromatic nitrogens is 2. The second-order valence-corrected chi connectivity index (χ2v) is 6.29. The van der Waals surface area contributed by atoms with Crippen molar-refractivity contribution in [3.8, 4) is 5.69 Å². The first-order valence-electron chi connectivity index (χ1n) is 8.38. The number of benzene rings is 2. The fraction of sp³-hybridized carbons (Fsp3) is 0.200. The van der Waals surface area contributed by atoms with Crippen molar-refractivity contribution in [3.05, 3.63) is 82.9 Å². The SMILES string of the molecule is CC[C@@H](CNC(=O)c1ccc(-n2cc[nH]c2=S)cc1)c1ccccc1. The lowest BCUT2D eigenvalue weighted by molar-refractivity contribution is 0.0951. The zero-order valence-electron chi connectivity index (χ0n) is 14.1. The van der Waals surface area contributed by atoms with Crippen LogP contribution in [0.25, 0.3) is 5.69 Å². The van der Waals surface area contributed by atoms with Gasteiger partial charge in [-0.15, -0.1) is 0 Å². The van der Waals surface area contributed by atoms with Crippen molar-refractivity contribution in [1.82, 2.24) is 14.9 Å². The van der Waals surface area contributed by atoms with E-state index >= 15 is 0 Å². The molecule has 1 aromatic heterocycles. The van der Waals surface area contributed by atoms with Gasteiger partial charge in [-0.1, -0.05) is 37.3 Å². The van der Waals surface area contributed by atoms with E-state index in [0.717, 1.165) is 12.1 Å². The van der Waals surface area contributed by atoms with E-state index in [9.17, 15) is 4.79 Å². The summed E-state index contributed by atoms with van der Waals surface area (Å²) in [7, 11) is 0. The largest absolute Gasteiger partial charge is 0.351 e. The lowest BCUT2D eigenvalue weighted by atomic mass is 9.96. The Morgan fingerprint density at radius 3 is 2.48 bits per heavy atom. The molecule has 2 aromatic carbocycles. The van der Waals surface area contributed by atoms with E-state index in [-0.39, 0.29) is 5.91 Å². The van der Waals surface area contributed by atoms with Gasteiger partial charge >= 0.3 is 0 Å². The minimum Gasteiger partial charge on any atom is -0.351 e. The van der Waals surface area contributed by atoms with Crippen LogP contribution in [0.4, 0.5) is 0 Å². The smallest absolute Gasteiger partial charge is 0.251 e. The third kappa shape index (κ3) is 4.06. The molecule has 1 heterocycles. The van der Waals surface area contributed by atoms with Crippen molar-refractivity contribution in [1.29, 1.82) is 0 Å². The van der Waals surface area contributed by atoms with E-state index < -0.39 is 0 Å². The van der Waals surface area contributed by atoms with Crippen molar-refractivity contribution < 1.29 is 4.79 Å². The minimum absolute atomic E-state index is 0.0569. The zero-order chi connectivity index (χ0) is 17.6. The second kappa shape index (κ2) is 7.94. The van der Waals surface area contributed by atoms with Gasteiger partial charge in [0.25, 0.3) is 5.91 Å². The molecule has 3 aromatic rings. The Labute approximate surface area is 152 Å². The summed E-state index contributed by atoms with van der Waals surface area (Å²) >= 11 is 5.21. The molecular weight excluding hydrogens is 330 g/mol. The summed E-state index contributed by atoms with van der Waals surface area (Å²) in [6.07, 6.45) is 4.63. The van der Waals surface area contributed by atoms with Crippen LogP contribution in [0.1, 0.15) is 35.2 Å². The molecule has 0 aliphatic carbocycles. The van der Waals surface area contributed by atoms with Gasteiger partial charge in [-0.2, -0.15) is 0 Å². The number of amides is 1. The first-order valence-corrected chi connectivity index (χ1v) is 8.79. The lowest BCUT2D eigenvalue weighted by Gasteiger charge is -2.16. The van der Waals surface area contributed by atoms with Gasteiger partial charge in [0.15, 0.2) is 4.77 Å². The quantitative estimate of drug-likeness (QED) is 0.644. The number of carbonyl (C=O) groups excluding carboxylic acids is 1. The summed E-state index contributed by atoms with van der Waals surface area (Å²) < 4.78 is 2.49. The average Bonchev–Trinajstić information content (AvgIpc) is 3.09. The van der Waals surface area contributed by atoms with Crippen LogP contribution in [0.3, 0.4) is 0 Å². The maximum absolute atomic E-state index is 12.4. The molecule has 5 heteroatoms. The molecular formula is C20H21N3OS. The summed E-state index contributed by atoms with van der Waals surface area (Å²) in [4.78, 5) is 15.4. The topological polar surface area (TPSA) is 49.8 Å². The first-order chi connectivity index (χ1) is 12.2. The predicted octanol–water partition coefficient (Wildman–Crippen LogP) is 4.46. The van der Waals surface area contributed by atoms with Crippen LogP contribution in [-0.4, -0.2) is 22.0 Å². The summed E-state index contributed by atoms with van der Waals surface area (Å²) in [5.74, 6) is 0.265. The van der Waals surface area contributed by atoms with Gasteiger partial charge in [0, 0.05) is 36.1 Å². The van der Waals surface area contributed by atoms with E-state index in [1.807, 2.05) is 53.2 Å². The van der Waals surface area contributed by atoms with Crippen LogP contribution in [0, 0.1) is 4.77 Å². The highest BCUT2D eigenvalue weighted by molar-refractivity contribution is 7.71. The Bertz CT molecular complexity index is 881. The van der Waals surface area contributed by atoms with Gasteiger partial charge in [0.2, 0.25) is 0 Å². The molecule has 128 valence electrons. The molecule has 0 spiro atoms. The molecule has 3 rings (SSSR count). The Balaban J connectivity index is 1.65. The fourth-order valence-corrected chi connectivity index (χ4v) is 3.07. The predicted molar refractivity (Wildman–Crippen MR) is 103 cm³/mol. The second-order valence-electron chi connectivity index (χ2n) is 5.91. The third-order valence-electron chi connectivity index (χ3n) is 4.33. The van der Waals surface area contributed by atoms with E-state index in [0.29, 0.717) is 22.8 Å². The maximum Gasteiger partial charge on any atom is 0.251 e. The number of aromatic amines is 1. The molecule has 0 saturated heterocycles. The van der Waals surface area contributed by atoms with Gasteiger partial charge in [0.1, 0.15) is 0 Å². The summed E-state index contributed by atoms with van der Waals surface area (Å²) in [5, 5.41) is 3.04. The molecule has 2 N–H and O–H groups in total. The Morgan fingerprint density at radius 2 is 1.88 bits per heavy atom. The molecule has 25 heavy (non-hydrogen) atoms. The molecule has 0 saturated carbocycles. The molecule has 0 bridgehead atoms. The van der Waals surface area contributed by atoms with E-state index in [1.54, 1.807) is 6.20 Å². The Morgan fingerprint density at radius 1 is 1.16 bits per heavy atom. The van der Waals surface area contributed by atoms with E-state index in [2.05, 4.69) is 29.4 Å². The number of nitrogens with zero attached hydrogens (tertiary/aromatic N) is 1. The maximum atomic E-state index is 12.4. The number of rotatable bonds is 6. The highest BCUT2D eigenvalue weighted by atomic mass is 32.1. The highest BCUT2D eigenvalue weighted by Crippen LogP contribution is 2.18. The van der Waals surface area contributed by atoms with Crippen LogP contribution >= 0.6 is 12.2 Å². The highest BCUT2D eigenvalue weighted by Gasteiger charge is 2.12. The standard InChI is InChI=1S/C20H21N3OS/c1-2-15(16-6-4-3-5-7-16)14-22-19(24)17-8-10-18(11-9-17)23-13-12-21-20(23)25/h3-13,15H,2,14H2,1H3,(H,21,25)(H,22,24)/t15-/m0/s1. The lowest BCUT2D eigenvalue weighted by Crippen LogP contribution is -2.28. The number of hydrogen-bond donors (Lipinski definition) is 2. The van der Waals surface area contributed by atoms with Crippen LogP contribution in [0.5, 0.6) is 0 Å². The average molecular weight is 351 g/mol. The van der Waals surface area contributed by atoms with Gasteiger partial charge in [-0.3, -0.25) is 9.36 Å². The summed E-state index contributed by atoms with van der Waals surface area (Å²) in [6.45, 7) is 2.77. The van der Waals surface area contributed by atoms with Crippen molar-refractivity contribution in [2.45, 2.75) is 19.3 Å². The zero-order valence-corrected chi connectivity index (χ0v) is 14.9. The van der Waals surface area contributed by atoms with Crippen LogP contribution in [-0.2, 0) is 0 Å². The van der Waals surface area contributed by atoms with Gasteiger partial charge in [0.05, 0.1) is 0 Å². The molecule has 0 unspecified atom stereocenters. The van der Waals surface area contributed by atoms with E-state index in [1.165, 1.54) is 5.56 Å². The number of nitrogens with one attached hydrogen (secondary N) is 2. The Hall–Kier alpha value is -2.66. The van der Waals surface area contributed by atoms with Crippen molar-refractivity contribution in [2.24, 2.45) is 0 Å². The molecule has 0 fully saturated rings. The van der Waals surface area contributed by atoms with Crippen LogP contribution in [0.15, 0.2) is 67.0 Å². The minimum atomic E-state index is -0.0569. The molecule has 0 aliphatic rings. The normalized spacial score (nSPS) is 11.9. The number of carbonyl (C=O) groups is 1. The molecule has 0 radical (unpaired) electrons. The van der Waals surface area contributed by atoms with Crippen molar-refractivity contribution >= 4 is 18.1 Å². The molecule has 4 nitrogen and oxygen atoms in total. The van der Waals surface area contributed by atoms with Gasteiger partial charge in [-0.25, -0.2) is 0 Å². The first kappa shape index (κ1) is 17.2. The monoisotopic (exact) mass is 351 g/mol. The summed E-state index contributed by atoms with van der Waals surface area (Å²) in [6, 6.07) is 17.7. The van der Waals surface area contributed by atoms with Gasteiger partial charge < -0.3 is 10.3 Å². The Kier molecular flexibility index (Phi) is 5.46. The summed E-state index contributed by atoms with van der Waals surface area (Å²) in [5.41, 5.74) is 2.83. The van der Waals surface area contributed by atoms with Crippen molar-refractivity contribution in [2.75, 3.05) is 6.54 Å². The van der Waals surface area contributed by atoms with Crippen molar-refractivity contribution in [3.63, 3.8) is 0 Å². The third-order valence-corrected chi connectivity index (χ3v) is 4.64. The molecule has 0 aliphatic heterocycles. The molecule has 1 amide bonds. The molecule has 1 atom stereocenters. The van der Waals surface area contributed by atoms with Gasteiger partial charge in [-0.05, 0) is 48.5 Å². The van der Waals surface area contributed by atoms with Crippen LogP contribution in [0.2, 0.25) is 0 Å². The number of hydrogen-bond acceptors (Lipinski definition) is 2. The fourth-order valence-electron chi connectivity index (χ4n) is 2.84. The number of imidazole rings is 1. The number of H-pyrrole nitrogens is 1. The van der Waals surface area contributed by atoms with Crippen LogP contribution < -0.4 is 5.32 Å². The van der Waals surface area contributed by atoms with E-state index in [4.69, 9.17) is 12.2 Å².